The molecule has 4 aromatic rings. The number of hydrogen-bond donors (Lipinski definition) is 2. The zero-order valence-electron chi connectivity index (χ0n) is 22.2. The SMILES string of the molecule is CCCn1c(SCCNC(=O)Nc2cccc(C#N)c2)nc(-c2ccc(OC)cc2)c1-c1ccc(OC)cc1. The standard InChI is InChI=1S/C30H31N5O3S/c1-4-17-35-28(23-10-14-26(38-3)15-11-23)27(22-8-12-25(37-2)13-9-22)34-30(35)39-18-16-32-29(36)33-24-7-5-6-21(19-24)20-31/h5-15,19H,4,16-18H2,1-3H3,(H2,32,33,36). The summed E-state index contributed by atoms with van der Waals surface area (Å²) in [7, 11) is 3.31. The molecule has 0 aliphatic heterocycles. The Hall–Kier alpha value is -4.42. The predicted octanol–water partition coefficient (Wildman–Crippen LogP) is 6.43. The number of rotatable bonds is 11. The first-order valence-electron chi connectivity index (χ1n) is 12.6. The molecule has 0 spiro atoms. The first kappa shape index (κ1) is 27.6. The van der Waals surface area contributed by atoms with Gasteiger partial charge in [-0.25, -0.2) is 9.78 Å². The number of nitrogens with one attached hydrogen (secondary N) is 2. The molecule has 0 fully saturated rings. The van der Waals surface area contributed by atoms with Gasteiger partial charge in [0, 0.05) is 35.7 Å². The molecule has 39 heavy (non-hydrogen) atoms. The maximum atomic E-state index is 12.4. The molecule has 0 saturated heterocycles. The first-order chi connectivity index (χ1) is 19.1. The Bertz CT molecular complexity index is 1440. The molecule has 0 unspecified atom stereocenters. The van der Waals surface area contributed by atoms with E-state index in [1.54, 1.807) is 50.2 Å². The second kappa shape index (κ2) is 13.4. The molecule has 4 rings (SSSR count). The molecule has 2 amide bonds. The van der Waals surface area contributed by atoms with Crippen LogP contribution in [0.15, 0.2) is 78.0 Å². The highest BCUT2D eigenvalue weighted by molar-refractivity contribution is 7.99. The van der Waals surface area contributed by atoms with Crippen LogP contribution < -0.4 is 20.1 Å². The van der Waals surface area contributed by atoms with E-state index in [1.165, 1.54) is 0 Å². The van der Waals surface area contributed by atoms with E-state index in [-0.39, 0.29) is 6.03 Å². The predicted molar refractivity (Wildman–Crippen MR) is 155 cm³/mol. The molecule has 8 nitrogen and oxygen atoms in total. The van der Waals surface area contributed by atoms with Crippen molar-refractivity contribution in [1.82, 2.24) is 14.9 Å². The Morgan fingerprint density at radius 1 is 1.00 bits per heavy atom. The van der Waals surface area contributed by atoms with E-state index in [2.05, 4.69) is 40.3 Å². The van der Waals surface area contributed by atoms with Crippen LogP contribution >= 0.6 is 11.8 Å². The fraction of sp³-hybridized carbons (Fsp3) is 0.233. The smallest absolute Gasteiger partial charge is 0.319 e. The molecule has 3 aromatic carbocycles. The molecular formula is C30H31N5O3S. The van der Waals surface area contributed by atoms with Crippen molar-refractivity contribution < 1.29 is 14.3 Å². The number of urea groups is 1. The van der Waals surface area contributed by atoms with E-state index in [0.717, 1.165) is 52.1 Å². The third kappa shape index (κ3) is 6.92. The van der Waals surface area contributed by atoms with Gasteiger partial charge in [-0.15, -0.1) is 0 Å². The number of hydrogen-bond acceptors (Lipinski definition) is 6. The number of nitrogens with zero attached hydrogens (tertiary/aromatic N) is 3. The Balaban J connectivity index is 1.54. The third-order valence-corrected chi connectivity index (χ3v) is 6.95. The van der Waals surface area contributed by atoms with Crippen LogP contribution in [-0.4, -0.2) is 42.1 Å². The van der Waals surface area contributed by atoms with Gasteiger partial charge in [-0.1, -0.05) is 24.8 Å². The van der Waals surface area contributed by atoms with Gasteiger partial charge >= 0.3 is 6.03 Å². The summed E-state index contributed by atoms with van der Waals surface area (Å²) in [6.07, 6.45) is 0.942. The molecule has 0 bridgehead atoms. The number of thioether (sulfide) groups is 1. The molecule has 200 valence electrons. The van der Waals surface area contributed by atoms with Crippen LogP contribution in [0.4, 0.5) is 10.5 Å². The summed E-state index contributed by atoms with van der Waals surface area (Å²) in [4.78, 5) is 17.4. The number of anilines is 1. The lowest BCUT2D eigenvalue weighted by Gasteiger charge is -2.13. The summed E-state index contributed by atoms with van der Waals surface area (Å²) in [5, 5.41) is 15.6. The molecule has 1 aromatic heterocycles. The normalized spacial score (nSPS) is 10.5. The van der Waals surface area contributed by atoms with Crippen LogP contribution in [-0.2, 0) is 6.54 Å². The van der Waals surface area contributed by atoms with E-state index in [1.807, 2.05) is 36.4 Å². The van der Waals surface area contributed by atoms with Gasteiger partial charge in [0.2, 0.25) is 0 Å². The van der Waals surface area contributed by atoms with E-state index in [9.17, 15) is 4.79 Å². The topological polar surface area (TPSA) is 101 Å². The van der Waals surface area contributed by atoms with Crippen molar-refractivity contribution in [3.63, 3.8) is 0 Å². The minimum absolute atomic E-state index is 0.319. The average molecular weight is 542 g/mol. The van der Waals surface area contributed by atoms with Gasteiger partial charge in [-0.3, -0.25) is 0 Å². The molecule has 0 atom stereocenters. The van der Waals surface area contributed by atoms with Gasteiger partial charge in [0.05, 0.1) is 37.2 Å². The zero-order chi connectivity index (χ0) is 27.6. The van der Waals surface area contributed by atoms with Crippen molar-refractivity contribution in [2.24, 2.45) is 0 Å². The van der Waals surface area contributed by atoms with Crippen molar-refractivity contribution in [3.8, 4) is 40.1 Å². The maximum Gasteiger partial charge on any atom is 0.319 e. The van der Waals surface area contributed by atoms with Crippen LogP contribution in [0.1, 0.15) is 18.9 Å². The number of amides is 2. The lowest BCUT2D eigenvalue weighted by molar-refractivity contribution is 0.252. The summed E-state index contributed by atoms with van der Waals surface area (Å²) in [5.74, 6) is 2.22. The number of aromatic nitrogens is 2. The molecule has 0 aliphatic rings. The van der Waals surface area contributed by atoms with Crippen LogP contribution in [0.2, 0.25) is 0 Å². The van der Waals surface area contributed by atoms with Crippen molar-refractivity contribution >= 4 is 23.5 Å². The highest BCUT2D eigenvalue weighted by atomic mass is 32.2. The van der Waals surface area contributed by atoms with Crippen LogP contribution in [0, 0.1) is 11.3 Å². The number of carbonyl (C=O) groups excluding carboxylic acids is 1. The molecule has 0 aliphatic carbocycles. The third-order valence-electron chi connectivity index (χ3n) is 5.98. The van der Waals surface area contributed by atoms with Gasteiger partial charge in [-0.05, 0) is 73.2 Å². The Morgan fingerprint density at radius 2 is 1.67 bits per heavy atom. The summed E-state index contributed by atoms with van der Waals surface area (Å²) in [6.45, 7) is 3.39. The summed E-state index contributed by atoms with van der Waals surface area (Å²) in [6, 6.07) is 24.5. The lowest BCUT2D eigenvalue weighted by Crippen LogP contribution is -2.30. The van der Waals surface area contributed by atoms with Gasteiger partial charge in [-0.2, -0.15) is 5.26 Å². The first-order valence-corrected chi connectivity index (χ1v) is 13.6. The number of methoxy groups -OCH3 is 2. The minimum Gasteiger partial charge on any atom is -0.497 e. The molecule has 9 heteroatoms. The van der Waals surface area contributed by atoms with E-state index < -0.39 is 0 Å². The molecule has 2 N–H and O–H groups in total. The van der Waals surface area contributed by atoms with Gasteiger partial charge in [0.1, 0.15) is 11.5 Å². The largest absolute Gasteiger partial charge is 0.497 e. The van der Waals surface area contributed by atoms with Gasteiger partial charge < -0.3 is 24.7 Å². The summed E-state index contributed by atoms with van der Waals surface area (Å²) in [5.41, 5.74) is 5.04. The highest BCUT2D eigenvalue weighted by Gasteiger charge is 2.20. The minimum atomic E-state index is -0.319. The van der Waals surface area contributed by atoms with Crippen molar-refractivity contribution in [2.45, 2.75) is 25.0 Å². The Kier molecular flexibility index (Phi) is 9.48. The maximum absolute atomic E-state index is 12.4. The lowest BCUT2D eigenvalue weighted by atomic mass is 10.0. The number of benzene rings is 3. The highest BCUT2D eigenvalue weighted by Crippen LogP contribution is 2.37. The van der Waals surface area contributed by atoms with E-state index in [4.69, 9.17) is 19.7 Å². The fourth-order valence-corrected chi connectivity index (χ4v) is 4.99. The van der Waals surface area contributed by atoms with E-state index >= 15 is 0 Å². The van der Waals surface area contributed by atoms with E-state index in [0.29, 0.717) is 23.5 Å². The molecular weight excluding hydrogens is 510 g/mol. The van der Waals surface area contributed by atoms with Crippen LogP contribution in [0.5, 0.6) is 11.5 Å². The number of imidazole rings is 1. The van der Waals surface area contributed by atoms with Crippen molar-refractivity contribution in [2.75, 3.05) is 31.8 Å². The summed E-state index contributed by atoms with van der Waals surface area (Å²) >= 11 is 1.60. The molecule has 1 heterocycles. The monoisotopic (exact) mass is 541 g/mol. The number of ether oxygens (including phenoxy) is 2. The average Bonchev–Trinajstić information content (AvgIpc) is 3.33. The quantitative estimate of drug-likeness (QED) is 0.168. The van der Waals surface area contributed by atoms with Crippen LogP contribution in [0.25, 0.3) is 22.5 Å². The Morgan fingerprint density at radius 3 is 2.28 bits per heavy atom. The second-order valence-electron chi connectivity index (χ2n) is 8.62. The van der Waals surface area contributed by atoms with Crippen molar-refractivity contribution in [3.05, 3.63) is 78.4 Å². The molecule has 0 saturated carbocycles. The van der Waals surface area contributed by atoms with Gasteiger partial charge in [0.25, 0.3) is 0 Å². The summed E-state index contributed by atoms with van der Waals surface area (Å²) < 4.78 is 13.0. The van der Waals surface area contributed by atoms with Crippen molar-refractivity contribution in [1.29, 1.82) is 5.26 Å². The van der Waals surface area contributed by atoms with Gasteiger partial charge in [0.15, 0.2) is 5.16 Å². The number of nitriles is 1. The number of carbonyl (C=O) groups is 1. The zero-order valence-corrected chi connectivity index (χ0v) is 23.0. The van der Waals surface area contributed by atoms with Crippen LogP contribution in [0.3, 0.4) is 0 Å². The fourth-order valence-electron chi connectivity index (χ4n) is 4.11. The second-order valence-corrected chi connectivity index (χ2v) is 9.68. The molecule has 0 radical (unpaired) electrons. The Labute approximate surface area is 233 Å².